The van der Waals surface area contributed by atoms with Gasteiger partial charge in [-0.15, -0.1) is 0 Å². The van der Waals surface area contributed by atoms with Crippen LogP contribution >= 0.6 is 0 Å². The maximum atomic E-state index is 14.7. The zero-order chi connectivity index (χ0) is 53.0. The summed E-state index contributed by atoms with van der Waals surface area (Å²) in [5.74, 6) is -0.631. The summed E-state index contributed by atoms with van der Waals surface area (Å²) in [4.78, 5) is 56.7. The molecule has 0 saturated carbocycles. The molecule has 4 aromatic rings. The molecular weight excluding hydrogens is 939 g/mol. The Morgan fingerprint density at radius 2 is 1.32 bits per heavy atom. The number of hydrogen-bond donors (Lipinski definition) is 4. The van der Waals surface area contributed by atoms with Crippen molar-refractivity contribution in [3.05, 3.63) is 113 Å². The normalized spacial score (nSPS) is 15.8. The van der Waals surface area contributed by atoms with Gasteiger partial charge in [-0.1, -0.05) is 137 Å². The van der Waals surface area contributed by atoms with Crippen LogP contribution < -0.4 is 30.8 Å². The minimum atomic E-state index is -2.38. The smallest absolute Gasteiger partial charge is 0.407 e. The van der Waals surface area contributed by atoms with E-state index in [1.807, 2.05) is 68.6 Å². The number of nitrogens with two attached hydrogens (primary N) is 1. The van der Waals surface area contributed by atoms with Crippen LogP contribution in [0.4, 0.5) is 16.2 Å². The first-order valence-corrected chi connectivity index (χ1v) is 30.5. The number of carbonyl (C=O) groups excluding carboxylic acids is 4. The number of ether oxygens (including phenoxy) is 2. The van der Waals surface area contributed by atoms with Crippen molar-refractivity contribution >= 4 is 57.4 Å². The minimum absolute atomic E-state index is 0.0380. The summed E-state index contributed by atoms with van der Waals surface area (Å²) in [5.41, 5.74) is 15.1. The summed E-state index contributed by atoms with van der Waals surface area (Å²) in [6.45, 7) is 30.0. The second kappa shape index (κ2) is 22.5. The molecule has 0 aromatic heterocycles. The Labute approximate surface area is 430 Å². The van der Waals surface area contributed by atoms with Crippen molar-refractivity contribution in [3.8, 4) is 22.6 Å². The van der Waals surface area contributed by atoms with Crippen LogP contribution in [0.2, 0.25) is 34.8 Å². The van der Waals surface area contributed by atoms with E-state index in [0.717, 1.165) is 33.4 Å². The van der Waals surface area contributed by atoms with Gasteiger partial charge in [-0.3, -0.25) is 14.4 Å². The molecule has 1 heterocycles. The van der Waals surface area contributed by atoms with Crippen LogP contribution in [0.5, 0.6) is 11.5 Å². The number of anilines is 2. The van der Waals surface area contributed by atoms with Gasteiger partial charge in [0.2, 0.25) is 11.8 Å². The number of alkyl carbamates (subject to hydrolysis) is 1. The van der Waals surface area contributed by atoms with E-state index < -0.39 is 46.6 Å². The lowest BCUT2D eigenvalue weighted by atomic mass is 9.98. The second-order valence-electron chi connectivity index (χ2n) is 22.3. The van der Waals surface area contributed by atoms with Crippen molar-refractivity contribution in [1.82, 2.24) is 15.5 Å². The van der Waals surface area contributed by atoms with Gasteiger partial charge in [-0.05, 0) is 106 Å². The van der Waals surface area contributed by atoms with E-state index in [-0.39, 0.29) is 35.4 Å². The number of benzene rings is 4. The van der Waals surface area contributed by atoms with E-state index in [0.29, 0.717) is 58.1 Å². The monoisotopic (exact) mass is 1020 g/mol. The molecule has 0 spiro atoms. The SMILES string of the molecule is COc1cc(C(=O)N2C=C(c3ccc(NC(=O)[C@H](C)NC(=O)[C@@H](NC(=O)OCC4c5ccccc5-c5ccccc54)C(C)C)cc3)C[C@H]2CO[Si](C)(C)C(C)(C)C)c(N)cc1O[Si](C(C)C)(C(C)C)C(C)C. The number of hydrogen-bond acceptors (Lipinski definition) is 9. The standard InChI is InChI=1S/C57H79N5O8Si2/c1-34(2)52(61-56(66)68-33-48-45-22-18-16-20-43(45)44-21-17-19-23-46(44)48)54(64)59-38(9)53(63)60-41-26-24-39(25-27-41)40-28-42(32-69-71(14,15)57(10,11)12)62(31-40)55(65)47-29-50(67-13)51(30-49(47)58)70-72(35(3)4,36(5)6)37(7)8/h16-27,29-31,34-38,42,48,52H,28,32-33,58H2,1-15H3,(H,59,64)(H,60,63)(H,61,66)/t38-,42-,52-/m0/s1. The molecule has 15 heteroatoms. The summed E-state index contributed by atoms with van der Waals surface area (Å²) >= 11 is 0. The van der Waals surface area contributed by atoms with Gasteiger partial charge in [0.15, 0.2) is 14.1 Å². The third-order valence-electron chi connectivity index (χ3n) is 15.2. The largest absolute Gasteiger partial charge is 0.540 e. The van der Waals surface area contributed by atoms with Gasteiger partial charge < -0.3 is 44.9 Å². The van der Waals surface area contributed by atoms with Gasteiger partial charge in [0.1, 0.15) is 24.4 Å². The zero-order valence-electron chi connectivity index (χ0n) is 45.2. The molecule has 4 amide bonds. The summed E-state index contributed by atoms with van der Waals surface area (Å²) < 4.78 is 25.4. The number of nitrogen functional groups attached to an aromatic ring is 1. The summed E-state index contributed by atoms with van der Waals surface area (Å²) in [7, 11) is -3.00. The first-order valence-electron chi connectivity index (χ1n) is 25.5. The zero-order valence-corrected chi connectivity index (χ0v) is 47.2. The van der Waals surface area contributed by atoms with Crippen LogP contribution in [0.15, 0.2) is 91.1 Å². The molecule has 13 nitrogen and oxygen atoms in total. The number of amides is 4. The minimum Gasteiger partial charge on any atom is -0.540 e. The molecule has 0 saturated heterocycles. The number of fused-ring (bicyclic) bond motifs is 3. The van der Waals surface area contributed by atoms with Crippen molar-refractivity contribution in [2.45, 2.75) is 148 Å². The van der Waals surface area contributed by atoms with Crippen LogP contribution in [-0.4, -0.2) is 83.8 Å². The molecule has 0 fully saturated rings. The fraction of sp³-hybridized carbons (Fsp3) is 0.474. The third-order valence-corrected chi connectivity index (χ3v) is 25.7. The van der Waals surface area contributed by atoms with Gasteiger partial charge in [-0.2, -0.15) is 0 Å². The summed E-state index contributed by atoms with van der Waals surface area (Å²) in [5, 5.41) is 8.37. The van der Waals surface area contributed by atoms with Crippen LogP contribution in [-0.2, 0) is 18.8 Å². The lowest BCUT2D eigenvalue weighted by Crippen LogP contribution is -2.53. The number of rotatable bonds is 19. The molecule has 0 radical (unpaired) electrons. The van der Waals surface area contributed by atoms with Crippen LogP contribution in [0.25, 0.3) is 16.7 Å². The lowest BCUT2D eigenvalue weighted by molar-refractivity contribution is -0.128. The quantitative estimate of drug-likeness (QED) is 0.0527. The van der Waals surface area contributed by atoms with Crippen molar-refractivity contribution in [3.63, 3.8) is 0 Å². The first kappa shape index (κ1) is 55.4. The highest BCUT2D eigenvalue weighted by Gasteiger charge is 2.48. The van der Waals surface area contributed by atoms with E-state index in [9.17, 15) is 19.2 Å². The Bertz CT molecular complexity index is 2570. The third kappa shape index (κ3) is 11.8. The van der Waals surface area contributed by atoms with Gasteiger partial charge in [0, 0.05) is 29.6 Å². The van der Waals surface area contributed by atoms with Gasteiger partial charge in [-0.25, -0.2) is 4.79 Å². The predicted molar refractivity (Wildman–Crippen MR) is 294 cm³/mol. The Balaban J connectivity index is 1.13. The van der Waals surface area contributed by atoms with Crippen LogP contribution in [0.1, 0.15) is 122 Å². The fourth-order valence-corrected chi connectivity index (χ4v) is 16.4. The van der Waals surface area contributed by atoms with Gasteiger partial charge in [0.05, 0.1) is 25.3 Å². The fourth-order valence-electron chi connectivity index (χ4n) is 10.1. The highest BCUT2D eigenvalue weighted by atomic mass is 28.4. The maximum Gasteiger partial charge on any atom is 0.407 e. The molecule has 0 unspecified atom stereocenters. The lowest BCUT2D eigenvalue weighted by Gasteiger charge is -2.42. The van der Waals surface area contributed by atoms with Crippen LogP contribution in [0, 0.1) is 5.92 Å². The Kier molecular flexibility index (Phi) is 17.3. The number of nitrogens with one attached hydrogen (secondary N) is 3. The Morgan fingerprint density at radius 1 is 0.750 bits per heavy atom. The molecule has 72 heavy (non-hydrogen) atoms. The first-order chi connectivity index (χ1) is 33.8. The van der Waals surface area contributed by atoms with Crippen LogP contribution in [0.3, 0.4) is 0 Å². The maximum absolute atomic E-state index is 14.7. The molecule has 3 atom stereocenters. The molecular formula is C57H79N5O8Si2. The van der Waals surface area contributed by atoms with E-state index in [2.05, 4.69) is 103 Å². The van der Waals surface area contributed by atoms with Gasteiger partial charge in [0.25, 0.3) is 14.2 Å². The molecule has 4 aromatic carbocycles. The van der Waals surface area contributed by atoms with Crippen molar-refractivity contribution < 1.29 is 37.5 Å². The average molecular weight is 1020 g/mol. The highest BCUT2D eigenvalue weighted by molar-refractivity contribution is 6.78. The summed E-state index contributed by atoms with van der Waals surface area (Å²) in [6.07, 6.45) is 1.69. The van der Waals surface area contributed by atoms with E-state index >= 15 is 0 Å². The van der Waals surface area contributed by atoms with E-state index in [4.69, 9.17) is 24.1 Å². The number of nitrogens with zero attached hydrogens (tertiary/aromatic N) is 1. The molecule has 5 N–H and O–H groups in total. The Morgan fingerprint density at radius 3 is 1.85 bits per heavy atom. The number of methoxy groups -OCH3 is 1. The Hall–Kier alpha value is -5.91. The summed E-state index contributed by atoms with van der Waals surface area (Å²) in [6, 6.07) is 24.8. The number of carbonyl (C=O) groups is 4. The van der Waals surface area contributed by atoms with E-state index in [1.165, 1.54) is 0 Å². The average Bonchev–Trinajstić information content (AvgIpc) is 3.89. The highest BCUT2D eigenvalue weighted by Crippen LogP contribution is 2.47. The predicted octanol–water partition coefficient (Wildman–Crippen LogP) is 12.1. The van der Waals surface area contributed by atoms with Crippen molar-refractivity contribution in [2.24, 2.45) is 5.92 Å². The van der Waals surface area contributed by atoms with Crippen molar-refractivity contribution in [1.29, 1.82) is 0 Å². The van der Waals surface area contributed by atoms with E-state index in [1.54, 1.807) is 43.2 Å². The topological polar surface area (TPSA) is 171 Å². The molecule has 6 rings (SSSR count). The van der Waals surface area contributed by atoms with Crippen molar-refractivity contribution in [2.75, 3.05) is 31.4 Å². The molecule has 1 aliphatic heterocycles. The van der Waals surface area contributed by atoms with Gasteiger partial charge >= 0.3 is 6.09 Å². The molecule has 1 aliphatic carbocycles. The molecule has 0 bridgehead atoms. The second-order valence-corrected chi connectivity index (χ2v) is 32.5. The molecule has 2 aliphatic rings. The molecule has 388 valence electrons.